The van der Waals surface area contributed by atoms with Crippen molar-refractivity contribution in [1.82, 2.24) is 15.5 Å². The summed E-state index contributed by atoms with van der Waals surface area (Å²) in [6.07, 6.45) is -0.761. The van der Waals surface area contributed by atoms with E-state index in [0.717, 1.165) is 11.1 Å². The fraction of sp³-hybridized carbons (Fsp3) is 0.609. The smallest absolute Gasteiger partial charge is 0.408 e. The largest absolute Gasteiger partial charge is 0.444 e. The number of aliphatic hydroxyl groups excluding tert-OH is 1. The molecule has 0 saturated heterocycles. The Morgan fingerprint density at radius 3 is 2.09 bits per heavy atom. The van der Waals surface area contributed by atoms with Gasteiger partial charge in [-0.2, -0.15) is 12.6 Å². The van der Waals surface area contributed by atoms with Crippen LogP contribution in [0.25, 0.3) is 0 Å². The highest BCUT2D eigenvalue weighted by Gasteiger charge is 2.36. The van der Waals surface area contributed by atoms with Crippen LogP contribution in [-0.4, -0.2) is 64.5 Å². The zero-order chi connectivity index (χ0) is 24.6. The number of aryl methyl sites for hydroxylation is 2. The quantitative estimate of drug-likeness (QED) is 0.418. The van der Waals surface area contributed by atoms with E-state index in [-0.39, 0.29) is 30.9 Å². The van der Waals surface area contributed by atoms with Gasteiger partial charge in [-0.05, 0) is 54.0 Å². The Hall–Kier alpha value is -2.26. The van der Waals surface area contributed by atoms with Crippen LogP contribution in [0.15, 0.2) is 18.2 Å². The lowest BCUT2D eigenvalue weighted by Gasteiger charge is -2.34. The van der Waals surface area contributed by atoms with Gasteiger partial charge in [0, 0.05) is 18.3 Å². The highest BCUT2D eigenvalue weighted by Crippen LogP contribution is 2.25. The third kappa shape index (κ3) is 8.70. The summed E-state index contributed by atoms with van der Waals surface area (Å²) in [5, 5.41) is 15.1. The fourth-order valence-electron chi connectivity index (χ4n) is 3.31. The van der Waals surface area contributed by atoms with Crippen LogP contribution in [0.4, 0.5) is 4.79 Å². The first kappa shape index (κ1) is 27.8. The summed E-state index contributed by atoms with van der Waals surface area (Å²) in [7, 11) is 0. The molecule has 3 N–H and O–H groups in total. The van der Waals surface area contributed by atoms with Crippen molar-refractivity contribution in [3.63, 3.8) is 0 Å². The second-order valence-corrected chi connectivity index (χ2v) is 9.49. The highest BCUT2D eigenvalue weighted by molar-refractivity contribution is 7.80. The lowest BCUT2D eigenvalue weighted by Crippen LogP contribution is -2.54. The van der Waals surface area contributed by atoms with Crippen LogP contribution in [-0.2, 0) is 14.3 Å². The Labute approximate surface area is 196 Å². The first-order valence-electron chi connectivity index (χ1n) is 10.7. The summed E-state index contributed by atoms with van der Waals surface area (Å²) in [5.74, 6) is -0.921. The predicted octanol–water partition coefficient (Wildman–Crippen LogP) is 2.51. The van der Waals surface area contributed by atoms with Crippen LogP contribution in [0, 0.1) is 13.8 Å². The molecule has 0 spiro atoms. The van der Waals surface area contributed by atoms with E-state index in [1.54, 1.807) is 20.8 Å². The van der Waals surface area contributed by atoms with Crippen molar-refractivity contribution in [2.24, 2.45) is 0 Å². The second-order valence-electron chi connectivity index (χ2n) is 9.12. The van der Waals surface area contributed by atoms with E-state index in [2.05, 4.69) is 23.3 Å². The van der Waals surface area contributed by atoms with E-state index in [0.29, 0.717) is 5.56 Å². The maximum Gasteiger partial charge on any atom is 0.408 e. The van der Waals surface area contributed by atoms with Gasteiger partial charge in [-0.25, -0.2) is 4.79 Å². The molecule has 0 aliphatic heterocycles. The first-order chi connectivity index (χ1) is 14.8. The van der Waals surface area contributed by atoms with E-state index in [4.69, 9.17) is 4.74 Å². The standard InChI is InChI=1S/C23H37N3O5S/c1-14(2)24-20(28)19(17-11-15(3)10-16(4)12-17)26(8-9-27)21(29)18(13-32)25-22(30)31-23(5,6)7/h10-12,14,18-19,27,32H,8-9,13H2,1-7H3,(H,24,28)(H,25,30). The molecule has 0 saturated carbocycles. The first-order valence-corrected chi connectivity index (χ1v) is 11.3. The molecule has 0 aliphatic rings. The molecule has 1 aromatic rings. The highest BCUT2D eigenvalue weighted by atomic mass is 32.1. The molecule has 9 heteroatoms. The zero-order valence-corrected chi connectivity index (χ0v) is 21.0. The van der Waals surface area contributed by atoms with Crippen LogP contribution in [0.1, 0.15) is 57.4 Å². The van der Waals surface area contributed by atoms with Gasteiger partial charge in [-0.1, -0.05) is 29.3 Å². The van der Waals surface area contributed by atoms with Gasteiger partial charge in [0.25, 0.3) is 0 Å². The number of ether oxygens (including phenoxy) is 1. The molecule has 0 aromatic heterocycles. The monoisotopic (exact) mass is 467 g/mol. The van der Waals surface area contributed by atoms with Gasteiger partial charge >= 0.3 is 6.09 Å². The number of rotatable bonds is 9. The third-order valence-corrected chi connectivity index (χ3v) is 4.71. The van der Waals surface area contributed by atoms with Crippen molar-refractivity contribution >= 4 is 30.5 Å². The Balaban J connectivity index is 3.37. The van der Waals surface area contributed by atoms with Gasteiger partial charge < -0.3 is 25.4 Å². The maximum absolute atomic E-state index is 13.5. The summed E-state index contributed by atoms with van der Waals surface area (Å²) in [4.78, 5) is 40.2. The van der Waals surface area contributed by atoms with Gasteiger partial charge in [0.05, 0.1) is 6.61 Å². The van der Waals surface area contributed by atoms with Crippen LogP contribution in [0.2, 0.25) is 0 Å². The average Bonchev–Trinajstić information content (AvgIpc) is 2.62. The van der Waals surface area contributed by atoms with Gasteiger partial charge in [0.15, 0.2) is 0 Å². The molecule has 0 fully saturated rings. The maximum atomic E-state index is 13.5. The van der Waals surface area contributed by atoms with E-state index in [1.807, 2.05) is 45.9 Å². The topological polar surface area (TPSA) is 108 Å². The van der Waals surface area contributed by atoms with Crippen LogP contribution < -0.4 is 10.6 Å². The fourth-order valence-corrected chi connectivity index (χ4v) is 3.56. The molecule has 0 heterocycles. The third-order valence-electron chi connectivity index (χ3n) is 4.35. The Morgan fingerprint density at radius 1 is 1.09 bits per heavy atom. The molecule has 3 amide bonds. The molecule has 0 radical (unpaired) electrons. The number of nitrogens with zero attached hydrogens (tertiary/aromatic N) is 1. The van der Waals surface area contributed by atoms with Crippen molar-refractivity contribution in [3.8, 4) is 0 Å². The van der Waals surface area contributed by atoms with E-state index < -0.39 is 29.7 Å². The number of hydrogen-bond acceptors (Lipinski definition) is 6. The van der Waals surface area contributed by atoms with Gasteiger partial charge in [0.2, 0.25) is 11.8 Å². The number of carbonyl (C=O) groups excluding carboxylic acids is 3. The summed E-state index contributed by atoms with van der Waals surface area (Å²) >= 11 is 4.22. The van der Waals surface area contributed by atoms with Crippen molar-refractivity contribution in [2.45, 2.75) is 72.2 Å². The predicted molar refractivity (Wildman–Crippen MR) is 128 cm³/mol. The normalized spacial score (nSPS) is 13.3. The minimum atomic E-state index is -1.04. The number of carbonyl (C=O) groups is 3. The van der Waals surface area contributed by atoms with Crippen LogP contribution >= 0.6 is 12.6 Å². The van der Waals surface area contributed by atoms with E-state index >= 15 is 0 Å². The number of hydrogen-bond donors (Lipinski definition) is 4. The average molecular weight is 468 g/mol. The molecule has 2 unspecified atom stereocenters. The Bertz CT molecular complexity index is 787. The molecule has 1 rings (SSSR count). The van der Waals surface area contributed by atoms with Crippen LogP contribution in [0.5, 0.6) is 0 Å². The Kier molecular flexibility index (Phi) is 10.5. The van der Waals surface area contributed by atoms with Gasteiger partial charge in [-0.3, -0.25) is 9.59 Å². The van der Waals surface area contributed by atoms with E-state index in [9.17, 15) is 19.5 Å². The van der Waals surface area contributed by atoms with Gasteiger partial charge in [0.1, 0.15) is 17.7 Å². The molecule has 0 aliphatic carbocycles. The number of alkyl carbamates (subject to hydrolysis) is 1. The lowest BCUT2D eigenvalue weighted by atomic mass is 9.98. The molecule has 1 aromatic carbocycles. The summed E-state index contributed by atoms with van der Waals surface area (Å²) < 4.78 is 5.25. The number of amides is 3. The minimum absolute atomic E-state index is 0.00856. The summed E-state index contributed by atoms with van der Waals surface area (Å²) in [6, 6.07) is 3.47. The molecular weight excluding hydrogens is 430 g/mol. The number of aliphatic hydroxyl groups is 1. The van der Waals surface area contributed by atoms with Crippen molar-refractivity contribution in [3.05, 3.63) is 34.9 Å². The van der Waals surface area contributed by atoms with Gasteiger partial charge in [-0.15, -0.1) is 0 Å². The zero-order valence-electron chi connectivity index (χ0n) is 20.1. The molecule has 0 bridgehead atoms. The SMILES string of the molecule is Cc1cc(C)cc(C(C(=O)NC(C)C)N(CCO)C(=O)C(CS)NC(=O)OC(C)(C)C)c1. The lowest BCUT2D eigenvalue weighted by molar-refractivity contribution is -0.142. The number of thiol groups is 1. The van der Waals surface area contributed by atoms with Crippen molar-refractivity contribution in [2.75, 3.05) is 18.9 Å². The molecule has 180 valence electrons. The minimum Gasteiger partial charge on any atom is -0.444 e. The summed E-state index contributed by atoms with van der Waals surface area (Å²) in [6.45, 7) is 12.2. The number of benzene rings is 1. The second kappa shape index (κ2) is 12.1. The number of nitrogens with one attached hydrogen (secondary N) is 2. The van der Waals surface area contributed by atoms with Crippen molar-refractivity contribution in [1.29, 1.82) is 0 Å². The van der Waals surface area contributed by atoms with E-state index in [1.165, 1.54) is 4.90 Å². The summed E-state index contributed by atoms with van der Waals surface area (Å²) in [5.41, 5.74) is 1.77. The molecule has 8 nitrogen and oxygen atoms in total. The molecule has 32 heavy (non-hydrogen) atoms. The Morgan fingerprint density at radius 2 is 1.66 bits per heavy atom. The van der Waals surface area contributed by atoms with Crippen molar-refractivity contribution < 1.29 is 24.2 Å². The molecular formula is C23H37N3O5S. The van der Waals surface area contributed by atoms with Crippen LogP contribution in [0.3, 0.4) is 0 Å². The molecule has 2 atom stereocenters.